The van der Waals surface area contributed by atoms with E-state index in [2.05, 4.69) is 11.9 Å². The molecule has 72 valence electrons. The van der Waals surface area contributed by atoms with E-state index in [9.17, 15) is 0 Å². The van der Waals surface area contributed by atoms with Gasteiger partial charge in [0.1, 0.15) is 12.4 Å². The Morgan fingerprint density at radius 2 is 2.54 bits per heavy atom. The van der Waals surface area contributed by atoms with Gasteiger partial charge in [0, 0.05) is 13.1 Å². The molecule has 1 aromatic rings. The molecule has 0 aromatic carbocycles. The highest BCUT2D eigenvalue weighted by Gasteiger charge is 1.93. The third-order valence-electron chi connectivity index (χ3n) is 1.54. The zero-order valence-electron chi connectivity index (χ0n) is 7.66. The van der Waals surface area contributed by atoms with Crippen LogP contribution in [0.15, 0.2) is 35.5 Å². The molecule has 3 heteroatoms. The van der Waals surface area contributed by atoms with Crippen LogP contribution in [0.1, 0.15) is 5.76 Å². The Hall–Kier alpha value is -1.06. The van der Waals surface area contributed by atoms with Crippen molar-refractivity contribution in [3.63, 3.8) is 0 Å². The van der Waals surface area contributed by atoms with Gasteiger partial charge in [0.05, 0.1) is 12.9 Å². The van der Waals surface area contributed by atoms with E-state index in [-0.39, 0.29) is 0 Å². The van der Waals surface area contributed by atoms with Gasteiger partial charge in [-0.25, -0.2) is 0 Å². The molecule has 0 amide bonds. The van der Waals surface area contributed by atoms with Gasteiger partial charge in [-0.2, -0.15) is 0 Å². The van der Waals surface area contributed by atoms with E-state index in [1.54, 1.807) is 6.26 Å². The molecule has 0 radical (unpaired) electrons. The number of furan rings is 1. The Kier molecular flexibility index (Phi) is 4.98. The summed E-state index contributed by atoms with van der Waals surface area (Å²) in [6.45, 7) is 6.50. The first-order chi connectivity index (χ1) is 6.43. The van der Waals surface area contributed by atoms with Crippen LogP contribution >= 0.6 is 0 Å². The van der Waals surface area contributed by atoms with Crippen molar-refractivity contribution in [3.8, 4) is 0 Å². The lowest BCUT2D eigenvalue weighted by Gasteiger charge is -2.02. The van der Waals surface area contributed by atoms with Crippen LogP contribution < -0.4 is 5.32 Å². The van der Waals surface area contributed by atoms with Gasteiger partial charge < -0.3 is 14.5 Å². The zero-order valence-corrected chi connectivity index (χ0v) is 7.66. The molecule has 0 unspecified atom stereocenters. The van der Waals surface area contributed by atoms with E-state index in [1.807, 2.05) is 18.2 Å². The lowest BCUT2D eigenvalue weighted by Crippen LogP contribution is -2.19. The third kappa shape index (κ3) is 4.50. The second-order valence-corrected chi connectivity index (χ2v) is 2.62. The quantitative estimate of drug-likeness (QED) is 0.512. The lowest BCUT2D eigenvalue weighted by molar-refractivity contribution is 0.108. The van der Waals surface area contributed by atoms with Gasteiger partial charge in [-0.3, -0.25) is 0 Å². The SMILES string of the molecule is C=CCNCCOCc1ccco1. The normalized spacial score (nSPS) is 10.2. The average molecular weight is 181 g/mol. The topological polar surface area (TPSA) is 34.4 Å². The van der Waals surface area contributed by atoms with Crippen LogP contribution in [0.25, 0.3) is 0 Å². The van der Waals surface area contributed by atoms with Gasteiger partial charge >= 0.3 is 0 Å². The van der Waals surface area contributed by atoms with Gasteiger partial charge in [-0.1, -0.05) is 6.08 Å². The molecule has 0 fully saturated rings. The molecule has 0 atom stereocenters. The molecule has 1 heterocycles. The maximum atomic E-state index is 5.33. The van der Waals surface area contributed by atoms with E-state index >= 15 is 0 Å². The Labute approximate surface area is 78.4 Å². The van der Waals surface area contributed by atoms with Crippen LogP contribution in [-0.2, 0) is 11.3 Å². The minimum absolute atomic E-state index is 0.544. The molecule has 1 rings (SSSR count). The Morgan fingerprint density at radius 3 is 3.23 bits per heavy atom. The van der Waals surface area contributed by atoms with Crippen molar-refractivity contribution in [1.29, 1.82) is 0 Å². The Bertz CT molecular complexity index is 219. The fourth-order valence-electron chi connectivity index (χ4n) is 0.916. The Balaban J connectivity index is 1.93. The molecular formula is C10H15NO2. The van der Waals surface area contributed by atoms with E-state index < -0.39 is 0 Å². The van der Waals surface area contributed by atoms with Gasteiger partial charge in [0.25, 0.3) is 0 Å². The summed E-state index contributed by atoms with van der Waals surface area (Å²) >= 11 is 0. The first kappa shape index (κ1) is 10.0. The minimum Gasteiger partial charge on any atom is -0.467 e. The van der Waals surface area contributed by atoms with E-state index in [0.29, 0.717) is 13.2 Å². The van der Waals surface area contributed by atoms with E-state index in [4.69, 9.17) is 9.15 Å². The van der Waals surface area contributed by atoms with Crippen molar-refractivity contribution < 1.29 is 9.15 Å². The minimum atomic E-state index is 0.544. The summed E-state index contributed by atoms with van der Waals surface area (Å²) in [5.74, 6) is 0.865. The van der Waals surface area contributed by atoms with Gasteiger partial charge in [-0.05, 0) is 12.1 Å². The molecule has 0 aliphatic carbocycles. The van der Waals surface area contributed by atoms with Gasteiger partial charge in [0.2, 0.25) is 0 Å². The molecular weight excluding hydrogens is 166 g/mol. The predicted octanol–water partition coefficient (Wildman–Crippen LogP) is 1.57. The summed E-state index contributed by atoms with van der Waals surface area (Å²) < 4.78 is 10.4. The summed E-state index contributed by atoms with van der Waals surface area (Å²) in [4.78, 5) is 0. The smallest absolute Gasteiger partial charge is 0.129 e. The molecule has 13 heavy (non-hydrogen) atoms. The van der Waals surface area contributed by atoms with Crippen molar-refractivity contribution in [2.75, 3.05) is 19.7 Å². The fraction of sp³-hybridized carbons (Fsp3) is 0.400. The van der Waals surface area contributed by atoms with Crippen LogP contribution in [0.5, 0.6) is 0 Å². The fourth-order valence-corrected chi connectivity index (χ4v) is 0.916. The van der Waals surface area contributed by atoms with Gasteiger partial charge in [0.15, 0.2) is 0 Å². The van der Waals surface area contributed by atoms with Crippen molar-refractivity contribution in [2.24, 2.45) is 0 Å². The number of hydrogen-bond donors (Lipinski definition) is 1. The second kappa shape index (κ2) is 6.46. The molecule has 1 aromatic heterocycles. The molecule has 0 bridgehead atoms. The highest BCUT2D eigenvalue weighted by molar-refractivity contribution is 4.95. The highest BCUT2D eigenvalue weighted by atomic mass is 16.5. The van der Waals surface area contributed by atoms with Crippen molar-refractivity contribution >= 4 is 0 Å². The first-order valence-corrected chi connectivity index (χ1v) is 4.35. The van der Waals surface area contributed by atoms with Crippen LogP contribution in [-0.4, -0.2) is 19.7 Å². The summed E-state index contributed by atoms with van der Waals surface area (Å²) in [6, 6.07) is 3.76. The first-order valence-electron chi connectivity index (χ1n) is 4.35. The largest absolute Gasteiger partial charge is 0.467 e. The summed E-state index contributed by atoms with van der Waals surface area (Å²) in [7, 11) is 0. The van der Waals surface area contributed by atoms with Crippen molar-refractivity contribution in [1.82, 2.24) is 5.32 Å². The molecule has 3 nitrogen and oxygen atoms in total. The van der Waals surface area contributed by atoms with Gasteiger partial charge in [-0.15, -0.1) is 6.58 Å². The average Bonchev–Trinajstić information content (AvgIpc) is 2.63. The number of ether oxygens (including phenoxy) is 1. The molecule has 1 N–H and O–H groups in total. The monoisotopic (exact) mass is 181 g/mol. The number of hydrogen-bond acceptors (Lipinski definition) is 3. The van der Waals surface area contributed by atoms with Crippen LogP contribution in [0.2, 0.25) is 0 Å². The lowest BCUT2D eigenvalue weighted by atomic mass is 10.5. The summed E-state index contributed by atoms with van der Waals surface area (Å²) in [5.41, 5.74) is 0. The molecule has 0 saturated carbocycles. The second-order valence-electron chi connectivity index (χ2n) is 2.62. The maximum Gasteiger partial charge on any atom is 0.129 e. The van der Waals surface area contributed by atoms with E-state index in [1.165, 1.54) is 0 Å². The molecule has 0 aliphatic rings. The standard InChI is InChI=1S/C10H15NO2/c1-2-5-11-6-8-12-9-10-4-3-7-13-10/h2-4,7,11H,1,5-6,8-9H2. The summed E-state index contributed by atoms with van der Waals surface area (Å²) in [6.07, 6.45) is 3.47. The predicted molar refractivity (Wildman–Crippen MR) is 51.4 cm³/mol. The number of nitrogens with one attached hydrogen (secondary N) is 1. The molecule has 0 aliphatic heterocycles. The van der Waals surface area contributed by atoms with Crippen LogP contribution in [0.4, 0.5) is 0 Å². The van der Waals surface area contributed by atoms with Crippen molar-refractivity contribution in [3.05, 3.63) is 36.8 Å². The molecule has 0 saturated heterocycles. The highest BCUT2D eigenvalue weighted by Crippen LogP contribution is 2.00. The van der Waals surface area contributed by atoms with Crippen LogP contribution in [0, 0.1) is 0 Å². The third-order valence-corrected chi connectivity index (χ3v) is 1.54. The van der Waals surface area contributed by atoms with E-state index in [0.717, 1.165) is 18.8 Å². The van der Waals surface area contributed by atoms with Crippen molar-refractivity contribution in [2.45, 2.75) is 6.61 Å². The molecule has 0 spiro atoms. The summed E-state index contributed by atoms with van der Waals surface area (Å²) in [5, 5.41) is 3.14. The number of rotatable bonds is 7. The maximum absolute atomic E-state index is 5.33. The zero-order chi connectivity index (χ0) is 9.36. The Morgan fingerprint density at radius 1 is 1.62 bits per heavy atom. The van der Waals surface area contributed by atoms with Crippen LogP contribution in [0.3, 0.4) is 0 Å².